The molecule has 1 fully saturated rings. The summed E-state index contributed by atoms with van der Waals surface area (Å²) in [6.07, 6.45) is 5.71. The van der Waals surface area contributed by atoms with Gasteiger partial charge in [0.1, 0.15) is 11.6 Å². The summed E-state index contributed by atoms with van der Waals surface area (Å²) < 4.78 is 0. The number of hydrogen-bond acceptors (Lipinski definition) is 5. The number of likely N-dealkylation sites (tertiary alicyclic amines) is 1. The molecule has 1 aliphatic heterocycles. The van der Waals surface area contributed by atoms with Crippen molar-refractivity contribution in [2.24, 2.45) is 5.92 Å². The largest absolute Gasteiger partial charge is 0.370 e. The summed E-state index contributed by atoms with van der Waals surface area (Å²) in [5, 5.41) is 6.48. The van der Waals surface area contributed by atoms with Crippen LogP contribution in [0.25, 0.3) is 0 Å². The lowest BCUT2D eigenvalue weighted by Crippen LogP contribution is -2.30. The molecule has 2 N–H and O–H groups in total. The SMILES string of the molecule is CNCc1nccc(NCCC2CCN(C)CC2)n1. The van der Waals surface area contributed by atoms with Crippen LogP contribution in [0.4, 0.5) is 5.82 Å². The molecule has 19 heavy (non-hydrogen) atoms. The van der Waals surface area contributed by atoms with Crippen LogP contribution in [-0.2, 0) is 6.54 Å². The van der Waals surface area contributed by atoms with Crippen molar-refractivity contribution in [2.45, 2.75) is 25.8 Å². The van der Waals surface area contributed by atoms with Gasteiger partial charge < -0.3 is 15.5 Å². The molecule has 0 amide bonds. The first-order valence-electron chi connectivity index (χ1n) is 7.17. The summed E-state index contributed by atoms with van der Waals surface area (Å²) in [6, 6.07) is 1.94. The molecule has 0 atom stereocenters. The Morgan fingerprint density at radius 3 is 2.89 bits per heavy atom. The predicted octanol–water partition coefficient (Wildman–Crippen LogP) is 1.34. The molecular weight excluding hydrogens is 238 g/mol. The second kappa shape index (κ2) is 7.40. The Kier molecular flexibility index (Phi) is 5.54. The van der Waals surface area contributed by atoms with Crippen LogP contribution in [0.2, 0.25) is 0 Å². The molecule has 2 rings (SSSR count). The number of anilines is 1. The summed E-state index contributed by atoms with van der Waals surface area (Å²) in [5.74, 6) is 2.64. The summed E-state index contributed by atoms with van der Waals surface area (Å²) in [4.78, 5) is 11.1. The molecule has 0 unspecified atom stereocenters. The van der Waals surface area contributed by atoms with Gasteiger partial charge in [-0.15, -0.1) is 0 Å². The van der Waals surface area contributed by atoms with E-state index in [4.69, 9.17) is 0 Å². The summed E-state index contributed by atoms with van der Waals surface area (Å²) in [7, 11) is 4.11. The van der Waals surface area contributed by atoms with Crippen LogP contribution in [-0.4, -0.2) is 48.6 Å². The van der Waals surface area contributed by atoms with Crippen molar-refractivity contribution in [1.82, 2.24) is 20.2 Å². The molecule has 2 heterocycles. The normalized spacial score (nSPS) is 17.6. The Morgan fingerprint density at radius 2 is 2.16 bits per heavy atom. The first kappa shape index (κ1) is 14.2. The molecule has 0 aliphatic carbocycles. The zero-order valence-electron chi connectivity index (χ0n) is 12.0. The number of piperidine rings is 1. The molecule has 5 heteroatoms. The highest BCUT2D eigenvalue weighted by Gasteiger charge is 2.15. The highest BCUT2D eigenvalue weighted by molar-refractivity contribution is 5.32. The summed E-state index contributed by atoms with van der Waals surface area (Å²) in [5.41, 5.74) is 0. The quantitative estimate of drug-likeness (QED) is 0.811. The van der Waals surface area contributed by atoms with Crippen LogP contribution < -0.4 is 10.6 Å². The Balaban J connectivity index is 1.71. The van der Waals surface area contributed by atoms with E-state index in [1.54, 1.807) is 0 Å². The minimum atomic E-state index is 0.713. The maximum absolute atomic E-state index is 4.46. The minimum Gasteiger partial charge on any atom is -0.370 e. The fourth-order valence-corrected chi connectivity index (χ4v) is 2.50. The second-order valence-electron chi connectivity index (χ2n) is 5.35. The molecule has 5 nitrogen and oxygen atoms in total. The monoisotopic (exact) mass is 263 g/mol. The maximum Gasteiger partial charge on any atom is 0.144 e. The van der Waals surface area contributed by atoms with Crippen LogP contribution in [0.15, 0.2) is 12.3 Å². The average Bonchev–Trinajstić information content (AvgIpc) is 2.42. The Morgan fingerprint density at radius 1 is 1.37 bits per heavy atom. The average molecular weight is 263 g/mol. The third-order valence-corrected chi connectivity index (χ3v) is 3.74. The Hall–Kier alpha value is -1.20. The van der Waals surface area contributed by atoms with Crippen molar-refractivity contribution in [3.63, 3.8) is 0 Å². The van der Waals surface area contributed by atoms with E-state index in [1.807, 2.05) is 19.3 Å². The lowest BCUT2D eigenvalue weighted by atomic mass is 9.94. The zero-order valence-corrected chi connectivity index (χ0v) is 12.0. The molecule has 0 aromatic carbocycles. The van der Waals surface area contributed by atoms with Gasteiger partial charge in [0.2, 0.25) is 0 Å². The van der Waals surface area contributed by atoms with E-state index in [9.17, 15) is 0 Å². The number of nitrogens with zero attached hydrogens (tertiary/aromatic N) is 3. The van der Waals surface area contributed by atoms with Gasteiger partial charge in [-0.25, -0.2) is 9.97 Å². The first-order valence-corrected chi connectivity index (χ1v) is 7.17. The van der Waals surface area contributed by atoms with E-state index in [0.717, 1.165) is 24.1 Å². The molecule has 0 spiro atoms. The summed E-state index contributed by atoms with van der Waals surface area (Å²) in [6.45, 7) is 4.20. The first-order chi connectivity index (χ1) is 9.28. The topological polar surface area (TPSA) is 53.1 Å². The minimum absolute atomic E-state index is 0.713. The molecule has 0 radical (unpaired) electrons. The smallest absolute Gasteiger partial charge is 0.144 e. The van der Waals surface area contributed by atoms with E-state index in [0.29, 0.717) is 6.54 Å². The van der Waals surface area contributed by atoms with Crippen molar-refractivity contribution in [1.29, 1.82) is 0 Å². The van der Waals surface area contributed by atoms with Gasteiger partial charge in [-0.2, -0.15) is 0 Å². The van der Waals surface area contributed by atoms with Crippen LogP contribution in [0.1, 0.15) is 25.1 Å². The molecule has 1 saturated heterocycles. The molecule has 106 valence electrons. The van der Waals surface area contributed by atoms with Gasteiger partial charge in [-0.05, 0) is 58.4 Å². The van der Waals surface area contributed by atoms with Crippen molar-refractivity contribution < 1.29 is 0 Å². The van der Waals surface area contributed by atoms with Crippen LogP contribution in [0.3, 0.4) is 0 Å². The van der Waals surface area contributed by atoms with Gasteiger partial charge in [-0.3, -0.25) is 0 Å². The van der Waals surface area contributed by atoms with Gasteiger partial charge in [-0.1, -0.05) is 0 Å². The number of nitrogens with one attached hydrogen (secondary N) is 2. The maximum atomic E-state index is 4.46. The van der Waals surface area contributed by atoms with E-state index in [-0.39, 0.29) is 0 Å². The van der Waals surface area contributed by atoms with Crippen LogP contribution >= 0.6 is 0 Å². The molecule has 1 aromatic heterocycles. The third kappa shape index (κ3) is 4.76. The zero-order chi connectivity index (χ0) is 13.5. The van der Waals surface area contributed by atoms with E-state index in [2.05, 4.69) is 32.5 Å². The second-order valence-corrected chi connectivity index (χ2v) is 5.35. The Labute approximate surface area is 115 Å². The van der Waals surface area contributed by atoms with Gasteiger partial charge in [0.25, 0.3) is 0 Å². The van der Waals surface area contributed by atoms with Gasteiger partial charge >= 0.3 is 0 Å². The highest BCUT2D eigenvalue weighted by atomic mass is 15.1. The molecule has 1 aliphatic rings. The lowest BCUT2D eigenvalue weighted by molar-refractivity contribution is 0.215. The number of hydrogen-bond donors (Lipinski definition) is 2. The molecular formula is C14H25N5. The fraction of sp³-hybridized carbons (Fsp3) is 0.714. The standard InChI is InChI=1S/C14H25N5/c1-15-11-14-17-8-4-13(18-14)16-7-3-12-5-9-19(2)10-6-12/h4,8,12,15H,3,5-7,9-11H2,1-2H3,(H,16,17,18). The van der Waals surface area contributed by atoms with Crippen LogP contribution in [0.5, 0.6) is 0 Å². The van der Waals surface area contributed by atoms with E-state index < -0.39 is 0 Å². The van der Waals surface area contributed by atoms with Crippen molar-refractivity contribution in [3.8, 4) is 0 Å². The van der Waals surface area contributed by atoms with Crippen molar-refractivity contribution in [2.75, 3.05) is 39.0 Å². The van der Waals surface area contributed by atoms with Crippen molar-refractivity contribution in [3.05, 3.63) is 18.1 Å². The van der Waals surface area contributed by atoms with E-state index in [1.165, 1.54) is 32.4 Å². The molecule has 0 saturated carbocycles. The lowest BCUT2D eigenvalue weighted by Gasteiger charge is -2.28. The number of rotatable bonds is 6. The van der Waals surface area contributed by atoms with Gasteiger partial charge in [0.15, 0.2) is 0 Å². The van der Waals surface area contributed by atoms with E-state index >= 15 is 0 Å². The van der Waals surface area contributed by atoms with Gasteiger partial charge in [0, 0.05) is 12.7 Å². The fourth-order valence-electron chi connectivity index (χ4n) is 2.50. The third-order valence-electron chi connectivity index (χ3n) is 3.74. The molecule has 0 bridgehead atoms. The number of aromatic nitrogens is 2. The van der Waals surface area contributed by atoms with Crippen LogP contribution in [0, 0.1) is 5.92 Å². The predicted molar refractivity (Wildman–Crippen MR) is 78.1 cm³/mol. The molecule has 1 aromatic rings. The van der Waals surface area contributed by atoms with Crippen molar-refractivity contribution >= 4 is 5.82 Å². The highest BCUT2D eigenvalue weighted by Crippen LogP contribution is 2.19. The Bertz CT molecular complexity index is 374. The summed E-state index contributed by atoms with van der Waals surface area (Å²) >= 11 is 0. The van der Waals surface area contributed by atoms with Gasteiger partial charge in [0.05, 0.1) is 6.54 Å².